The van der Waals surface area contributed by atoms with Gasteiger partial charge in [-0.05, 0) is 24.2 Å². The minimum absolute atomic E-state index is 0.0470. The summed E-state index contributed by atoms with van der Waals surface area (Å²) in [6, 6.07) is 2.23. The Hall–Kier alpha value is -2.82. The molecule has 7 nitrogen and oxygen atoms in total. The van der Waals surface area contributed by atoms with Crippen LogP contribution in [0.5, 0.6) is 0 Å². The van der Waals surface area contributed by atoms with Gasteiger partial charge in [0.05, 0.1) is 19.0 Å². The Labute approximate surface area is 155 Å². The largest absolute Gasteiger partial charge is 0.416 e. The zero-order chi connectivity index (χ0) is 21.6. The Morgan fingerprint density at radius 2 is 1.89 bits per heavy atom. The van der Waals surface area contributed by atoms with Gasteiger partial charge in [0.2, 0.25) is 0 Å². The topological polar surface area (TPSA) is 90.6 Å². The second-order valence-electron chi connectivity index (χ2n) is 5.46. The van der Waals surface area contributed by atoms with Gasteiger partial charge in [-0.3, -0.25) is 9.97 Å². The van der Waals surface area contributed by atoms with E-state index in [1.54, 1.807) is 0 Å². The molecule has 0 spiro atoms. The highest BCUT2D eigenvalue weighted by molar-refractivity contribution is 7.91. The number of aromatic nitrogens is 5. The molecule has 27 heavy (non-hydrogen) atoms. The molecular weight excluding hydrogens is 383 g/mol. The highest BCUT2D eigenvalue weighted by Gasteiger charge is 2.31. The van der Waals surface area contributed by atoms with Gasteiger partial charge in [0.15, 0.2) is 21.5 Å². The zero-order valence-electron chi connectivity index (χ0n) is 16.1. The van der Waals surface area contributed by atoms with E-state index in [0.717, 1.165) is 24.4 Å². The maximum atomic E-state index is 13.0. The van der Waals surface area contributed by atoms with Gasteiger partial charge in [0.1, 0.15) is 11.4 Å². The van der Waals surface area contributed by atoms with Crippen molar-refractivity contribution in [1.29, 1.82) is 0 Å². The molecule has 0 saturated carbocycles. The summed E-state index contributed by atoms with van der Waals surface area (Å²) in [6.45, 7) is 1.41. The van der Waals surface area contributed by atoms with Crippen molar-refractivity contribution < 1.29 is 24.3 Å². The molecule has 0 fully saturated rings. The van der Waals surface area contributed by atoms with E-state index in [2.05, 4.69) is 20.2 Å². The van der Waals surface area contributed by atoms with Crippen LogP contribution in [-0.4, -0.2) is 38.9 Å². The molecule has 11 heteroatoms. The molecule has 3 heterocycles. The van der Waals surface area contributed by atoms with Gasteiger partial charge < -0.3 is 4.57 Å². The molecule has 0 N–H and O–H groups in total. The zero-order valence-corrected chi connectivity index (χ0v) is 14.9. The molecule has 0 bridgehead atoms. The third-order valence-corrected chi connectivity index (χ3v) is 5.53. The van der Waals surface area contributed by atoms with Gasteiger partial charge in [-0.15, -0.1) is 10.2 Å². The van der Waals surface area contributed by atoms with E-state index in [4.69, 9.17) is 2.74 Å². The first-order valence-corrected chi connectivity index (χ1v) is 9.25. The number of rotatable bonds is 4. The lowest BCUT2D eigenvalue weighted by Gasteiger charge is -2.09. The monoisotopic (exact) mass is 399 g/mol. The molecule has 0 aromatic carbocycles. The van der Waals surface area contributed by atoms with Gasteiger partial charge >= 0.3 is 6.18 Å². The third kappa shape index (κ3) is 3.54. The Balaban J connectivity index is 2.21. The highest BCUT2D eigenvalue weighted by atomic mass is 32.2. The van der Waals surface area contributed by atoms with Crippen molar-refractivity contribution in [3.8, 4) is 23.0 Å². The molecule has 3 aromatic heterocycles. The lowest BCUT2D eigenvalue weighted by atomic mass is 10.2. The van der Waals surface area contributed by atoms with Crippen LogP contribution in [0.25, 0.3) is 23.0 Å². The fourth-order valence-electron chi connectivity index (χ4n) is 2.35. The predicted octanol–water partition coefficient (Wildman–Crippen LogP) is 2.75. The van der Waals surface area contributed by atoms with Crippen molar-refractivity contribution >= 4 is 9.84 Å². The van der Waals surface area contributed by atoms with Crippen molar-refractivity contribution in [2.24, 2.45) is 7.05 Å². The summed E-state index contributed by atoms with van der Waals surface area (Å²) in [4.78, 5) is 7.43. The summed E-state index contributed by atoms with van der Waals surface area (Å²) in [5.41, 5.74) is -1.25. The first-order valence-electron chi connectivity index (χ1n) is 8.60. The first-order chi connectivity index (χ1) is 13.5. The van der Waals surface area contributed by atoms with Crippen molar-refractivity contribution in [3.63, 3.8) is 0 Å². The number of halogens is 3. The van der Waals surface area contributed by atoms with Crippen molar-refractivity contribution in [1.82, 2.24) is 24.7 Å². The maximum Gasteiger partial charge on any atom is 0.416 e. The lowest BCUT2D eigenvalue weighted by Crippen LogP contribution is -2.09. The molecule has 3 rings (SSSR count). The van der Waals surface area contributed by atoms with E-state index < -0.39 is 27.7 Å². The average Bonchev–Trinajstić information content (AvgIpc) is 3.04. The van der Waals surface area contributed by atoms with Crippen LogP contribution in [0.4, 0.5) is 13.2 Å². The number of hydrogen-bond donors (Lipinski definition) is 0. The molecule has 0 aliphatic heterocycles. The van der Waals surface area contributed by atoms with E-state index >= 15 is 0 Å². The van der Waals surface area contributed by atoms with E-state index in [-0.39, 0.29) is 39.7 Å². The SMILES string of the molecule is [2H]c1cc(S(=O)(=O)CC)c(-c2nnc(-c3cc(C(F)(F)F)ccn3)n2C)nc1[2H]. The molecule has 0 unspecified atom stereocenters. The minimum Gasteiger partial charge on any atom is -0.307 e. The van der Waals surface area contributed by atoms with Crippen LogP contribution in [0, 0.1) is 0 Å². The Bertz CT molecular complexity index is 1200. The summed E-state index contributed by atoms with van der Waals surface area (Å²) in [6.07, 6.45) is -4.07. The lowest BCUT2D eigenvalue weighted by molar-refractivity contribution is -0.137. The second kappa shape index (κ2) is 6.72. The van der Waals surface area contributed by atoms with E-state index in [0.29, 0.717) is 0 Å². The predicted molar refractivity (Wildman–Crippen MR) is 90.2 cm³/mol. The third-order valence-electron chi connectivity index (χ3n) is 3.79. The summed E-state index contributed by atoms with van der Waals surface area (Å²) in [5, 5.41) is 7.68. The van der Waals surface area contributed by atoms with Crippen LogP contribution in [0.1, 0.15) is 15.2 Å². The fraction of sp³-hybridized carbons (Fsp3) is 0.250. The molecular formula is C16H14F3N5O2S. The van der Waals surface area contributed by atoms with Crippen LogP contribution < -0.4 is 0 Å². The Morgan fingerprint density at radius 1 is 1.19 bits per heavy atom. The fourth-order valence-corrected chi connectivity index (χ4v) is 3.33. The van der Waals surface area contributed by atoms with Gasteiger partial charge in [-0.2, -0.15) is 13.2 Å². The molecule has 3 aromatic rings. The molecule has 0 atom stereocenters. The van der Waals surface area contributed by atoms with Crippen LogP contribution >= 0.6 is 0 Å². The molecule has 0 aliphatic carbocycles. The normalized spacial score (nSPS) is 13.4. The molecule has 0 saturated heterocycles. The van der Waals surface area contributed by atoms with Crippen LogP contribution in [0.15, 0.2) is 41.5 Å². The average molecular weight is 399 g/mol. The number of sulfone groups is 1. The summed E-state index contributed by atoms with van der Waals surface area (Å²) in [7, 11) is -2.41. The molecule has 0 aliphatic rings. The van der Waals surface area contributed by atoms with Crippen molar-refractivity contribution in [2.45, 2.75) is 18.0 Å². The van der Waals surface area contributed by atoms with Crippen molar-refractivity contribution in [3.05, 3.63) is 42.2 Å². The van der Waals surface area contributed by atoms with Gasteiger partial charge in [-0.25, -0.2) is 8.42 Å². The Morgan fingerprint density at radius 3 is 2.56 bits per heavy atom. The van der Waals surface area contributed by atoms with Crippen LogP contribution in [-0.2, 0) is 23.1 Å². The Kier molecular flexibility index (Phi) is 4.07. The number of nitrogens with zero attached hydrogens (tertiary/aromatic N) is 5. The first kappa shape index (κ1) is 16.4. The van der Waals surface area contributed by atoms with Gasteiger partial charge in [-0.1, -0.05) is 6.92 Å². The van der Waals surface area contributed by atoms with Gasteiger partial charge in [0, 0.05) is 19.4 Å². The molecule has 0 amide bonds. The second-order valence-corrected chi connectivity index (χ2v) is 7.71. The molecule has 142 valence electrons. The summed E-state index contributed by atoms with van der Waals surface area (Å²) < 4.78 is 80.4. The number of pyridine rings is 2. The number of alkyl halides is 3. The highest BCUT2D eigenvalue weighted by Crippen LogP contribution is 2.32. The van der Waals surface area contributed by atoms with Crippen molar-refractivity contribution in [2.75, 3.05) is 5.75 Å². The standard InChI is InChI=1S/C16H14F3N5O2S/c1-3-27(25,26)12-5-4-7-21-13(12)15-23-22-14(24(15)2)11-9-10(6-8-20-11)16(17,18)19/h4-9H,3H2,1-2H3/i4D,7D. The smallest absolute Gasteiger partial charge is 0.307 e. The molecule has 0 radical (unpaired) electrons. The van der Waals surface area contributed by atoms with E-state index in [1.807, 2.05) is 0 Å². The number of hydrogen-bond acceptors (Lipinski definition) is 6. The van der Waals surface area contributed by atoms with E-state index in [1.165, 1.54) is 18.5 Å². The summed E-state index contributed by atoms with van der Waals surface area (Å²) in [5.74, 6) is -0.410. The van der Waals surface area contributed by atoms with Crippen LogP contribution in [0.2, 0.25) is 0 Å². The van der Waals surface area contributed by atoms with Crippen LogP contribution in [0.3, 0.4) is 0 Å². The minimum atomic E-state index is -4.58. The maximum absolute atomic E-state index is 13.0. The van der Waals surface area contributed by atoms with E-state index in [9.17, 15) is 21.6 Å². The quantitative estimate of drug-likeness (QED) is 0.670. The van der Waals surface area contributed by atoms with Gasteiger partial charge in [0.25, 0.3) is 0 Å². The summed E-state index contributed by atoms with van der Waals surface area (Å²) >= 11 is 0.